The first-order chi connectivity index (χ1) is 13.8. The molecule has 0 unspecified atom stereocenters. The summed E-state index contributed by atoms with van der Waals surface area (Å²) in [6.45, 7) is 1.11. The third kappa shape index (κ3) is 5.98. The molecule has 30 heavy (non-hydrogen) atoms. The highest BCUT2D eigenvalue weighted by molar-refractivity contribution is 7.92. The maximum absolute atomic E-state index is 13.1. The minimum absolute atomic E-state index is 0. The molecule has 0 aliphatic carbocycles. The van der Waals surface area contributed by atoms with Crippen LogP contribution in [0, 0.1) is 5.82 Å². The van der Waals surface area contributed by atoms with Crippen LogP contribution < -0.4 is 4.90 Å². The molecule has 1 heterocycles. The monoisotopic (exact) mass is 471 g/mol. The number of amides is 1. The summed E-state index contributed by atoms with van der Waals surface area (Å²) >= 11 is 1.35. The van der Waals surface area contributed by atoms with Gasteiger partial charge in [0.05, 0.1) is 15.1 Å². The molecule has 1 amide bonds. The van der Waals surface area contributed by atoms with Gasteiger partial charge >= 0.3 is 0 Å². The summed E-state index contributed by atoms with van der Waals surface area (Å²) < 4.78 is 39.3. The molecule has 3 aromatic rings. The number of hydrogen-bond acceptors (Lipinski definition) is 6. The second-order valence-corrected chi connectivity index (χ2v) is 9.88. The highest BCUT2D eigenvalue weighted by Crippen LogP contribution is 2.29. The van der Waals surface area contributed by atoms with E-state index in [-0.39, 0.29) is 17.3 Å². The Labute approximate surface area is 185 Å². The van der Waals surface area contributed by atoms with Crippen LogP contribution in [0.15, 0.2) is 53.4 Å². The molecular weight excluding hydrogens is 449 g/mol. The first-order valence-corrected chi connectivity index (χ1v) is 11.5. The number of aromatic nitrogens is 1. The Morgan fingerprint density at radius 1 is 1.07 bits per heavy atom. The molecule has 0 saturated heterocycles. The van der Waals surface area contributed by atoms with E-state index in [1.165, 1.54) is 28.4 Å². The van der Waals surface area contributed by atoms with Gasteiger partial charge < -0.3 is 4.90 Å². The van der Waals surface area contributed by atoms with Crippen LogP contribution in [-0.2, 0) is 14.6 Å². The van der Waals surface area contributed by atoms with E-state index < -0.39 is 27.3 Å². The largest absolute Gasteiger partial charge is 0.309 e. The summed E-state index contributed by atoms with van der Waals surface area (Å²) in [6, 6.07) is 12.0. The summed E-state index contributed by atoms with van der Waals surface area (Å²) in [5.74, 6) is -1.78. The van der Waals surface area contributed by atoms with E-state index >= 15 is 0 Å². The van der Waals surface area contributed by atoms with Crippen LogP contribution in [0.3, 0.4) is 0 Å². The summed E-state index contributed by atoms with van der Waals surface area (Å²) in [6.07, 6.45) is 0.672. The summed E-state index contributed by atoms with van der Waals surface area (Å²) in [4.78, 5) is 20.8. The van der Waals surface area contributed by atoms with Crippen molar-refractivity contribution in [2.75, 3.05) is 37.8 Å². The third-order valence-corrected chi connectivity index (χ3v) is 6.96. The Bertz CT molecular complexity index is 1070. The lowest BCUT2D eigenvalue weighted by molar-refractivity contribution is -0.116. The Morgan fingerprint density at radius 2 is 1.73 bits per heavy atom. The molecule has 0 saturated carbocycles. The molecule has 0 aliphatic rings. The van der Waals surface area contributed by atoms with E-state index in [1.54, 1.807) is 0 Å². The van der Waals surface area contributed by atoms with E-state index in [2.05, 4.69) is 4.98 Å². The molecule has 0 radical (unpaired) electrons. The van der Waals surface area contributed by atoms with Crippen molar-refractivity contribution < 1.29 is 17.6 Å². The average Bonchev–Trinajstić information content (AvgIpc) is 3.08. The molecule has 0 fully saturated rings. The number of nitrogens with zero attached hydrogens (tertiary/aromatic N) is 3. The molecular formula is C20H23ClFN3O3S2. The smallest absolute Gasteiger partial charge is 0.244 e. The van der Waals surface area contributed by atoms with Gasteiger partial charge in [-0.3, -0.25) is 9.69 Å². The van der Waals surface area contributed by atoms with E-state index in [9.17, 15) is 17.6 Å². The maximum atomic E-state index is 13.1. The Morgan fingerprint density at radius 3 is 2.37 bits per heavy atom. The van der Waals surface area contributed by atoms with Gasteiger partial charge in [0, 0.05) is 6.54 Å². The number of carbonyl (C=O) groups is 1. The molecule has 10 heteroatoms. The molecule has 162 valence electrons. The quantitative estimate of drug-likeness (QED) is 0.469. The minimum Gasteiger partial charge on any atom is -0.309 e. The fourth-order valence-electron chi connectivity index (χ4n) is 2.81. The second kappa shape index (κ2) is 10.3. The zero-order valence-electron chi connectivity index (χ0n) is 16.6. The van der Waals surface area contributed by atoms with Crippen LogP contribution in [0.2, 0.25) is 0 Å². The topological polar surface area (TPSA) is 70.6 Å². The first-order valence-electron chi connectivity index (χ1n) is 9.05. The Balaban J connectivity index is 0.00000320. The van der Waals surface area contributed by atoms with Crippen molar-refractivity contribution >= 4 is 54.8 Å². The zero-order valence-corrected chi connectivity index (χ0v) is 19.1. The van der Waals surface area contributed by atoms with Gasteiger partial charge in [-0.2, -0.15) is 0 Å². The highest BCUT2D eigenvalue weighted by Gasteiger charge is 2.26. The van der Waals surface area contributed by atoms with Gasteiger partial charge in [-0.05, 0) is 63.5 Å². The van der Waals surface area contributed by atoms with Crippen molar-refractivity contribution in [3.63, 3.8) is 0 Å². The molecule has 6 nitrogen and oxygen atoms in total. The minimum atomic E-state index is -3.89. The lowest BCUT2D eigenvalue weighted by Gasteiger charge is -2.21. The van der Waals surface area contributed by atoms with E-state index in [0.717, 1.165) is 28.9 Å². The number of rotatable bonds is 8. The normalized spacial score (nSPS) is 11.5. The molecule has 0 atom stereocenters. The lowest BCUT2D eigenvalue weighted by atomic mass is 10.3. The van der Waals surface area contributed by atoms with Gasteiger partial charge in [-0.1, -0.05) is 23.5 Å². The average molecular weight is 472 g/mol. The van der Waals surface area contributed by atoms with Crippen LogP contribution in [-0.4, -0.2) is 57.1 Å². The molecule has 3 rings (SSSR count). The molecule has 0 N–H and O–H groups in total. The number of fused-ring (bicyclic) bond motifs is 1. The predicted octanol–water partition coefficient (Wildman–Crippen LogP) is 3.62. The van der Waals surface area contributed by atoms with Crippen molar-refractivity contribution in [2.45, 2.75) is 11.3 Å². The number of anilines is 1. The van der Waals surface area contributed by atoms with Crippen molar-refractivity contribution in [2.24, 2.45) is 0 Å². The Hall–Kier alpha value is -2.07. The fourth-order valence-corrected chi connectivity index (χ4v) is 5.02. The Kier molecular flexibility index (Phi) is 8.31. The van der Waals surface area contributed by atoms with Gasteiger partial charge in [0.1, 0.15) is 11.6 Å². The summed E-state index contributed by atoms with van der Waals surface area (Å²) in [5, 5.41) is 0.476. The van der Waals surface area contributed by atoms with E-state index in [0.29, 0.717) is 18.1 Å². The summed E-state index contributed by atoms with van der Waals surface area (Å²) in [5.41, 5.74) is 0.763. The van der Waals surface area contributed by atoms with Crippen molar-refractivity contribution in [3.05, 3.63) is 54.3 Å². The molecule has 2 aromatic carbocycles. The SMILES string of the molecule is CN(C)CCCN(C(=O)CS(=O)(=O)c1ccc(F)cc1)c1nc2ccccc2s1.Cl. The zero-order chi connectivity index (χ0) is 21.0. The predicted molar refractivity (Wildman–Crippen MR) is 121 cm³/mol. The van der Waals surface area contributed by atoms with Gasteiger partial charge in [-0.25, -0.2) is 17.8 Å². The second-order valence-electron chi connectivity index (χ2n) is 6.88. The number of benzene rings is 2. The van der Waals surface area contributed by atoms with Crippen molar-refractivity contribution in [1.82, 2.24) is 9.88 Å². The standard InChI is InChI=1S/C20H22FN3O3S2.ClH/c1-23(2)12-5-13-24(20-22-17-6-3-4-7-18(17)28-20)19(25)14-29(26,27)16-10-8-15(21)9-11-16;/h3-4,6-11H,5,12-14H2,1-2H3;1H. The van der Waals surface area contributed by atoms with Gasteiger partial charge in [0.2, 0.25) is 5.91 Å². The number of thiazole rings is 1. The van der Waals surface area contributed by atoms with E-state index in [4.69, 9.17) is 0 Å². The van der Waals surface area contributed by atoms with Crippen LogP contribution in [0.1, 0.15) is 6.42 Å². The van der Waals surface area contributed by atoms with Gasteiger partial charge in [0.25, 0.3) is 0 Å². The molecule has 0 aliphatic heterocycles. The highest BCUT2D eigenvalue weighted by atomic mass is 35.5. The van der Waals surface area contributed by atoms with Crippen LogP contribution in [0.4, 0.5) is 9.52 Å². The number of hydrogen-bond donors (Lipinski definition) is 0. The number of halogens is 2. The molecule has 0 spiro atoms. The maximum Gasteiger partial charge on any atom is 0.244 e. The number of para-hydroxylation sites is 1. The molecule has 0 bridgehead atoms. The van der Waals surface area contributed by atoms with Crippen molar-refractivity contribution in [3.8, 4) is 0 Å². The van der Waals surface area contributed by atoms with Crippen LogP contribution in [0.25, 0.3) is 10.2 Å². The molecule has 1 aromatic heterocycles. The number of carbonyl (C=O) groups excluding carboxylic acids is 1. The summed E-state index contributed by atoms with van der Waals surface area (Å²) in [7, 11) is -0.0254. The number of sulfone groups is 1. The third-order valence-electron chi connectivity index (χ3n) is 4.29. The van der Waals surface area contributed by atoms with Crippen LogP contribution in [0.5, 0.6) is 0 Å². The van der Waals surface area contributed by atoms with Crippen LogP contribution >= 0.6 is 23.7 Å². The fraction of sp³-hybridized carbons (Fsp3) is 0.300. The van der Waals surface area contributed by atoms with Gasteiger partial charge in [-0.15, -0.1) is 12.4 Å². The van der Waals surface area contributed by atoms with E-state index in [1.807, 2.05) is 43.3 Å². The first kappa shape index (κ1) is 24.2. The van der Waals surface area contributed by atoms with Crippen molar-refractivity contribution in [1.29, 1.82) is 0 Å². The van der Waals surface area contributed by atoms with Gasteiger partial charge in [0.15, 0.2) is 15.0 Å². The lowest BCUT2D eigenvalue weighted by Crippen LogP contribution is -2.37.